The molecule has 1 unspecified atom stereocenters. The maximum Gasteiger partial charge on any atom is 0.146 e. The Bertz CT molecular complexity index is 747. The number of piperidine rings is 2. The molecule has 1 N–H and O–H groups in total. The smallest absolute Gasteiger partial charge is 0.146 e. The second-order valence-corrected chi connectivity index (χ2v) is 8.13. The van der Waals surface area contributed by atoms with E-state index in [0.29, 0.717) is 5.92 Å². The molecule has 2 aromatic rings. The maximum absolute atomic E-state index is 9.68. The van der Waals surface area contributed by atoms with Gasteiger partial charge in [-0.2, -0.15) is 0 Å². The molecule has 1 atom stereocenters. The van der Waals surface area contributed by atoms with E-state index < -0.39 is 0 Å². The Labute approximate surface area is 161 Å². The van der Waals surface area contributed by atoms with Gasteiger partial charge < -0.3 is 14.1 Å². The predicted octanol–water partition coefficient (Wildman–Crippen LogP) is 2.05. The van der Waals surface area contributed by atoms with Gasteiger partial charge in [-0.05, 0) is 51.3 Å². The van der Waals surface area contributed by atoms with Gasteiger partial charge in [-0.25, -0.2) is 0 Å². The molecule has 2 fully saturated rings. The fourth-order valence-electron chi connectivity index (χ4n) is 4.35. The molecule has 0 aliphatic carbocycles. The van der Waals surface area contributed by atoms with Gasteiger partial charge in [0, 0.05) is 32.6 Å². The maximum atomic E-state index is 9.68. The van der Waals surface area contributed by atoms with Crippen LogP contribution in [0.2, 0.25) is 0 Å². The number of aliphatic hydroxyl groups excluding tert-OH is 1. The highest BCUT2D eigenvalue weighted by Crippen LogP contribution is 2.27. The van der Waals surface area contributed by atoms with Crippen LogP contribution in [0.15, 0.2) is 16.5 Å². The Balaban J connectivity index is 1.38. The molecule has 2 aliphatic rings. The molecule has 0 aromatic carbocycles. The minimum Gasteiger partial charge on any atom is -0.465 e. The van der Waals surface area contributed by atoms with Crippen molar-refractivity contribution in [3.8, 4) is 0 Å². The van der Waals surface area contributed by atoms with Crippen LogP contribution < -0.4 is 0 Å². The number of furan rings is 1. The van der Waals surface area contributed by atoms with Gasteiger partial charge in [0.1, 0.15) is 23.2 Å². The molecule has 2 saturated heterocycles. The first kappa shape index (κ1) is 18.7. The topological polar surface area (TPSA) is 70.6 Å². The zero-order chi connectivity index (χ0) is 18.8. The SMILES string of the molecule is Cc1ccc(CN2CCCC(c3nnc(CN4CCC(O)CC4)n3C)C2)o1. The molecule has 7 heteroatoms. The third kappa shape index (κ3) is 4.42. The third-order valence-corrected chi connectivity index (χ3v) is 5.97. The highest BCUT2D eigenvalue weighted by molar-refractivity contribution is 5.07. The van der Waals surface area contributed by atoms with Crippen LogP contribution in [-0.2, 0) is 20.1 Å². The summed E-state index contributed by atoms with van der Waals surface area (Å²) in [7, 11) is 2.10. The van der Waals surface area contributed by atoms with Crippen LogP contribution in [0.25, 0.3) is 0 Å². The van der Waals surface area contributed by atoms with Crippen molar-refractivity contribution >= 4 is 0 Å². The molecule has 4 heterocycles. The lowest BCUT2D eigenvalue weighted by Gasteiger charge is -2.31. The van der Waals surface area contributed by atoms with E-state index in [1.807, 2.05) is 13.0 Å². The first-order chi connectivity index (χ1) is 13.1. The van der Waals surface area contributed by atoms with Crippen LogP contribution in [0.3, 0.4) is 0 Å². The van der Waals surface area contributed by atoms with Crippen LogP contribution in [0.4, 0.5) is 0 Å². The summed E-state index contributed by atoms with van der Waals surface area (Å²) >= 11 is 0. The summed E-state index contributed by atoms with van der Waals surface area (Å²) < 4.78 is 7.94. The number of aryl methyl sites for hydroxylation is 1. The van der Waals surface area contributed by atoms with Gasteiger partial charge >= 0.3 is 0 Å². The lowest BCUT2D eigenvalue weighted by molar-refractivity contribution is 0.0775. The summed E-state index contributed by atoms with van der Waals surface area (Å²) in [5.41, 5.74) is 0. The summed E-state index contributed by atoms with van der Waals surface area (Å²) in [6.45, 7) is 7.65. The van der Waals surface area contributed by atoms with E-state index in [4.69, 9.17) is 4.42 Å². The number of hydrogen-bond donors (Lipinski definition) is 1. The van der Waals surface area contributed by atoms with Crippen LogP contribution in [0.5, 0.6) is 0 Å². The number of aromatic nitrogens is 3. The monoisotopic (exact) mass is 373 g/mol. The molecule has 0 bridgehead atoms. The Morgan fingerprint density at radius 1 is 1.07 bits per heavy atom. The van der Waals surface area contributed by atoms with Crippen molar-refractivity contribution in [1.82, 2.24) is 24.6 Å². The van der Waals surface area contributed by atoms with E-state index in [-0.39, 0.29) is 6.10 Å². The Morgan fingerprint density at radius 3 is 2.63 bits per heavy atom. The molecule has 0 radical (unpaired) electrons. The van der Waals surface area contributed by atoms with Crippen LogP contribution in [-0.4, -0.2) is 62.0 Å². The number of nitrogens with zero attached hydrogens (tertiary/aromatic N) is 5. The standard InChI is InChI=1S/C20H31N5O2/c1-15-5-6-18(27-15)13-25-9-3-4-16(12-25)20-22-21-19(23(20)2)14-24-10-7-17(26)8-11-24/h5-6,16-17,26H,3-4,7-14H2,1-2H3. The van der Waals surface area contributed by atoms with E-state index in [0.717, 1.165) is 81.7 Å². The molecule has 4 rings (SSSR count). The van der Waals surface area contributed by atoms with Gasteiger partial charge in [0.15, 0.2) is 0 Å². The average Bonchev–Trinajstić information content (AvgIpc) is 3.23. The van der Waals surface area contributed by atoms with Crippen molar-refractivity contribution in [1.29, 1.82) is 0 Å². The molecule has 148 valence electrons. The van der Waals surface area contributed by atoms with E-state index in [1.165, 1.54) is 6.42 Å². The first-order valence-electron chi connectivity index (χ1n) is 10.1. The van der Waals surface area contributed by atoms with E-state index in [9.17, 15) is 5.11 Å². The van der Waals surface area contributed by atoms with Gasteiger partial charge in [0.2, 0.25) is 0 Å². The molecular weight excluding hydrogens is 342 g/mol. The zero-order valence-corrected chi connectivity index (χ0v) is 16.5. The first-order valence-corrected chi connectivity index (χ1v) is 10.1. The average molecular weight is 374 g/mol. The molecular formula is C20H31N5O2. The molecule has 27 heavy (non-hydrogen) atoms. The minimum atomic E-state index is -0.137. The second kappa shape index (κ2) is 8.12. The molecule has 0 saturated carbocycles. The summed E-state index contributed by atoms with van der Waals surface area (Å²) in [6.07, 6.45) is 3.91. The van der Waals surface area contributed by atoms with Crippen molar-refractivity contribution in [3.63, 3.8) is 0 Å². The lowest BCUT2D eigenvalue weighted by Crippen LogP contribution is -2.36. The quantitative estimate of drug-likeness (QED) is 0.865. The van der Waals surface area contributed by atoms with E-state index in [2.05, 4.69) is 37.7 Å². The second-order valence-electron chi connectivity index (χ2n) is 8.13. The number of rotatable bonds is 5. The van der Waals surface area contributed by atoms with Crippen molar-refractivity contribution < 1.29 is 9.52 Å². The van der Waals surface area contributed by atoms with Gasteiger partial charge in [-0.3, -0.25) is 9.80 Å². The fourth-order valence-corrected chi connectivity index (χ4v) is 4.35. The van der Waals surface area contributed by atoms with E-state index >= 15 is 0 Å². The van der Waals surface area contributed by atoms with Gasteiger partial charge in [-0.1, -0.05) is 0 Å². The summed E-state index contributed by atoms with van der Waals surface area (Å²) in [4.78, 5) is 4.83. The third-order valence-electron chi connectivity index (χ3n) is 5.97. The Kier molecular flexibility index (Phi) is 5.61. The molecule has 2 aliphatic heterocycles. The summed E-state index contributed by atoms with van der Waals surface area (Å²) in [6, 6.07) is 4.11. The summed E-state index contributed by atoms with van der Waals surface area (Å²) in [5, 5.41) is 18.7. The van der Waals surface area contributed by atoms with Crippen molar-refractivity contribution in [3.05, 3.63) is 35.3 Å². The molecule has 0 amide bonds. The van der Waals surface area contributed by atoms with Crippen molar-refractivity contribution in [2.45, 2.75) is 57.7 Å². The van der Waals surface area contributed by atoms with Crippen molar-refractivity contribution in [2.75, 3.05) is 26.2 Å². The van der Waals surface area contributed by atoms with Crippen LogP contribution >= 0.6 is 0 Å². The summed E-state index contributed by atoms with van der Waals surface area (Å²) in [5.74, 6) is 4.56. The Hall–Kier alpha value is -1.70. The van der Waals surface area contributed by atoms with Crippen LogP contribution in [0, 0.1) is 6.92 Å². The highest BCUT2D eigenvalue weighted by atomic mass is 16.3. The van der Waals surface area contributed by atoms with Gasteiger partial charge in [0.05, 0.1) is 19.2 Å². The number of hydrogen-bond acceptors (Lipinski definition) is 6. The molecule has 2 aromatic heterocycles. The lowest BCUT2D eigenvalue weighted by atomic mass is 9.97. The normalized spacial score (nSPS) is 23.1. The fraction of sp³-hybridized carbons (Fsp3) is 0.700. The van der Waals surface area contributed by atoms with E-state index in [1.54, 1.807) is 0 Å². The highest BCUT2D eigenvalue weighted by Gasteiger charge is 2.27. The predicted molar refractivity (Wildman–Crippen MR) is 102 cm³/mol. The molecule has 0 spiro atoms. The number of aliphatic hydroxyl groups is 1. The van der Waals surface area contributed by atoms with Gasteiger partial charge in [0.25, 0.3) is 0 Å². The van der Waals surface area contributed by atoms with Gasteiger partial charge in [-0.15, -0.1) is 10.2 Å². The minimum absolute atomic E-state index is 0.137. The zero-order valence-electron chi connectivity index (χ0n) is 16.5. The number of likely N-dealkylation sites (tertiary alicyclic amines) is 2. The Morgan fingerprint density at radius 2 is 1.89 bits per heavy atom. The largest absolute Gasteiger partial charge is 0.465 e. The van der Waals surface area contributed by atoms with Crippen molar-refractivity contribution in [2.24, 2.45) is 7.05 Å². The van der Waals surface area contributed by atoms with Crippen LogP contribution in [0.1, 0.15) is 54.8 Å². The molecule has 7 nitrogen and oxygen atoms in total.